The van der Waals surface area contributed by atoms with Crippen LogP contribution in [-0.2, 0) is 16.2 Å². The molecule has 0 heterocycles. The lowest BCUT2D eigenvalue weighted by atomic mass is 10.2. The number of anilines is 1. The van der Waals surface area contributed by atoms with Gasteiger partial charge >= 0.3 is 10.3 Å². The lowest BCUT2D eigenvalue weighted by Gasteiger charge is -2.02. The first-order valence-corrected chi connectivity index (χ1v) is 5.39. The van der Waals surface area contributed by atoms with Gasteiger partial charge in [-0.2, -0.15) is 8.42 Å². The molecule has 2 N–H and O–H groups in total. The standard InChI is InChI=1S/C7H8ClNO3S/c8-5-6-1-3-7(4-2-6)9-13(10,11)12/h1-4,9H,5H2,(H,10,11,12). The summed E-state index contributed by atoms with van der Waals surface area (Å²) in [5.74, 6) is 0.367. The van der Waals surface area contributed by atoms with Gasteiger partial charge in [0.1, 0.15) is 0 Å². The van der Waals surface area contributed by atoms with E-state index in [9.17, 15) is 8.42 Å². The number of hydrogen-bond donors (Lipinski definition) is 2. The third-order valence-electron chi connectivity index (χ3n) is 1.36. The van der Waals surface area contributed by atoms with Crippen molar-refractivity contribution in [2.45, 2.75) is 5.88 Å². The maximum Gasteiger partial charge on any atom is 0.357 e. The molecule has 1 rings (SSSR count). The molecule has 1 aromatic carbocycles. The smallest absolute Gasteiger partial charge is 0.269 e. The van der Waals surface area contributed by atoms with Gasteiger partial charge in [0.25, 0.3) is 0 Å². The minimum atomic E-state index is -4.18. The summed E-state index contributed by atoms with van der Waals surface area (Å²) in [6, 6.07) is 6.37. The lowest BCUT2D eigenvalue weighted by Crippen LogP contribution is -2.10. The largest absolute Gasteiger partial charge is 0.357 e. The van der Waals surface area contributed by atoms with Crippen molar-refractivity contribution in [2.24, 2.45) is 0 Å². The highest BCUT2D eigenvalue weighted by atomic mass is 35.5. The maximum atomic E-state index is 10.4. The molecule has 0 radical (unpaired) electrons. The van der Waals surface area contributed by atoms with Gasteiger partial charge < -0.3 is 0 Å². The summed E-state index contributed by atoms with van der Waals surface area (Å²) in [7, 11) is -4.18. The summed E-state index contributed by atoms with van der Waals surface area (Å²) in [5.41, 5.74) is 1.18. The molecule has 0 unspecified atom stereocenters. The van der Waals surface area contributed by atoms with Crippen LogP contribution in [0, 0.1) is 0 Å². The first-order valence-electron chi connectivity index (χ1n) is 3.41. The van der Waals surface area contributed by atoms with E-state index in [4.69, 9.17) is 16.2 Å². The van der Waals surface area contributed by atoms with Crippen LogP contribution in [0.4, 0.5) is 5.69 Å². The van der Waals surface area contributed by atoms with Gasteiger partial charge in [0.15, 0.2) is 0 Å². The summed E-state index contributed by atoms with van der Waals surface area (Å²) in [6.45, 7) is 0. The average Bonchev–Trinajstić information content (AvgIpc) is 2.03. The number of rotatable bonds is 3. The topological polar surface area (TPSA) is 66.4 Å². The van der Waals surface area contributed by atoms with Crippen molar-refractivity contribution in [3.05, 3.63) is 29.8 Å². The molecule has 13 heavy (non-hydrogen) atoms. The molecular weight excluding hydrogens is 214 g/mol. The monoisotopic (exact) mass is 221 g/mol. The average molecular weight is 222 g/mol. The molecule has 0 fully saturated rings. The Morgan fingerprint density at radius 1 is 1.31 bits per heavy atom. The molecule has 0 aliphatic carbocycles. The van der Waals surface area contributed by atoms with Crippen LogP contribution in [0.3, 0.4) is 0 Å². The highest BCUT2D eigenvalue weighted by molar-refractivity contribution is 7.87. The van der Waals surface area contributed by atoms with Crippen LogP contribution in [0.25, 0.3) is 0 Å². The van der Waals surface area contributed by atoms with Crippen LogP contribution in [0.5, 0.6) is 0 Å². The lowest BCUT2D eigenvalue weighted by molar-refractivity contribution is 0.489. The Balaban J connectivity index is 2.81. The Labute approximate surface area is 81.4 Å². The van der Waals surface area contributed by atoms with E-state index in [1.165, 1.54) is 12.1 Å². The van der Waals surface area contributed by atoms with Gasteiger partial charge in [-0.25, -0.2) is 0 Å². The van der Waals surface area contributed by atoms with Crippen molar-refractivity contribution >= 4 is 27.6 Å². The fourth-order valence-corrected chi connectivity index (χ4v) is 1.42. The zero-order valence-electron chi connectivity index (χ0n) is 6.57. The number of benzene rings is 1. The predicted molar refractivity (Wildman–Crippen MR) is 51.2 cm³/mol. The van der Waals surface area contributed by atoms with Gasteiger partial charge in [0, 0.05) is 5.88 Å². The Hall–Kier alpha value is -0.780. The Morgan fingerprint density at radius 2 is 1.85 bits per heavy atom. The maximum absolute atomic E-state index is 10.4. The normalized spacial score (nSPS) is 11.2. The number of alkyl halides is 1. The number of halogens is 1. The second-order valence-corrected chi connectivity index (χ2v) is 3.83. The van der Waals surface area contributed by atoms with E-state index >= 15 is 0 Å². The highest BCUT2D eigenvalue weighted by Gasteiger charge is 2.02. The molecule has 0 atom stereocenters. The van der Waals surface area contributed by atoms with Crippen LogP contribution in [0.15, 0.2) is 24.3 Å². The van der Waals surface area contributed by atoms with Crippen LogP contribution < -0.4 is 4.72 Å². The van der Waals surface area contributed by atoms with Crippen molar-refractivity contribution in [1.29, 1.82) is 0 Å². The fraction of sp³-hybridized carbons (Fsp3) is 0.143. The molecule has 0 amide bonds. The van der Waals surface area contributed by atoms with E-state index < -0.39 is 10.3 Å². The summed E-state index contributed by atoms with van der Waals surface area (Å²) >= 11 is 5.52. The zero-order chi connectivity index (χ0) is 9.90. The summed E-state index contributed by atoms with van der Waals surface area (Å²) < 4.78 is 31.1. The number of nitrogens with one attached hydrogen (secondary N) is 1. The fourth-order valence-electron chi connectivity index (χ4n) is 0.811. The van der Waals surface area contributed by atoms with E-state index in [-0.39, 0.29) is 0 Å². The van der Waals surface area contributed by atoms with E-state index in [1.807, 2.05) is 4.72 Å². The van der Waals surface area contributed by atoms with Gasteiger partial charge in [0.05, 0.1) is 5.69 Å². The van der Waals surface area contributed by atoms with Gasteiger partial charge in [-0.3, -0.25) is 9.27 Å². The van der Waals surface area contributed by atoms with Gasteiger partial charge in [-0.05, 0) is 17.7 Å². The molecule has 4 nitrogen and oxygen atoms in total. The summed E-state index contributed by atoms with van der Waals surface area (Å²) in [6.07, 6.45) is 0. The van der Waals surface area contributed by atoms with Gasteiger partial charge in [-0.15, -0.1) is 11.6 Å². The van der Waals surface area contributed by atoms with Crippen molar-refractivity contribution in [2.75, 3.05) is 4.72 Å². The molecule has 0 bridgehead atoms. The molecule has 72 valence electrons. The first kappa shape index (κ1) is 10.3. The summed E-state index contributed by atoms with van der Waals surface area (Å²) in [4.78, 5) is 0. The SMILES string of the molecule is O=S(=O)(O)Nc1ccc(CCl)cc1. The van der Waals surface area contributed by atoms with Crippen LogP contribution in [0.1, 0.15) is 5.56 Å². The van der Waals surface area contributed by atoms with E-state index in [1.54, 1.807) is 12.1 Å². The molecule has 0 aliphatic heterocycles. The molecule has 0 saturated heterocycles. The summed E-state index contributed by atoms with van der Waals surface area (Å²) in [5, 5.41) is 0. The molecular formula is C7H8ClNO3S. The van der Waals surface area contributed by atoms with Crippen LogP contribution in [0.2, 0.25) is 0 Å². The first-order chi connectivity index (χ1) is 6.01. The predicted octanol–water partition coefficient (Wildman–Crippen LogP) is 1.64. The Kier molecular flexibility index (Phi) is 3.13. The van der Waals surface area contributed by atoms with Gasteiger partial charge in [-0.1, -0.05) is 12.1 Å². The van der Waals surface area contributed by atoms with Crippen LogP contribution >= 0.6 is 11.6 Å². The highest BCUT2D eigenvalue weighted by Crippen LogP contribution is 2.11. The Bertz CT molecular complexity index is 373. The quantitative estimate of drug-likeness (QED) is 0.602. The minimum absolute atomic E-state index is 0.302. The minimum Gasteiger partial charge on any atom is -0.269 e. The van der Waals surface area contributed by atoms with Crippen molar-refractivity contribution in [3.8, 4) is 0 Å². The van der Waals surface area contributed by atoms with E-state index in [2.05, 4.69) is 0 Å². The van der Waals surface area contributed by atoms with Crippen LogP contribution in [-0.4, -0.2) is 13.0 Å². The van der Waals surface area contributed by atoms with E-state index in [0.717, 1.165) is 5.56 Å². The van der Waals surface area contributed by atoms with Gasteiger partial charge in [0.2, 0.25) is 0 Å². The van der Waals surface area contributed by atoms with Crippen molar-refractivity contribution in [3.63, 3.8) is 0 Å². The van der Waals surface area contributed by atoms with Crippen molar-refractivity contribution in [1.82, 2.24) is 0 Å². The third-order valence-corrected chi connectivity index (χ3v) is 2.16. The molecule has 0 saturated carbocycles. The number of hydrogen-bond acceptors (Lipinski definition) is 2. The second kappa shape index (κ2) is 3.95. The van der Waals surface area contributed by atoms with Crippen molar-refractivity contribution < 1.29 is 13.0 Å². The molecule has 6 heteroatoms. The molecule has 0 aromatic heterocycles. The molecule has 0 aliphatic rings. The third kappa shape index (κ3) is 3.63. The second-order valence-electron chi connectivity index (χ2n) is 2.41. The Morgan fingerprint density at radius 3 is 2.23 bits per heavy atom. The molecule has 1 aromatic rings. The zero-order valence-corrected chi connectivity index (χ0v) is 8.14. The molecule has 0 spiro atoms. The van der Waals surface area contributed by atoms with E-state index in [0.29, 0.717) is 11.6 Å².